The molecular weight excluding hydrogens is 360 g/mol. The van der Waals surface area contributed by atoms with Crippen molar-refractivity contribution in [2.45, 2.75) is 31.0 Å². The largest absolute Gasteiger partial charge is 0.434 e. The summed E-state index contributed by atoms with van der Waals surface area (Å²) in [7, 11) is 0. The van der Waals surface area contributed by atoms with E-state index in [1.54, 1.807) is 0 Å². The Morgan fingerprint density at radius 1 is 1.24 bits per heavy atom. The number of nitrogens with one attached hydrogen (secondary N) is 1. The Morgan fingerprint density at radius 2 is 2.00 bits per heavy atom. The number of carbonyl (C=O) groups is 1. The summed E-state index contributed by atoms with van der Waals surface area (Å²) in [6, 6.07) is 5.98. The molecular formula is C17H13ClF4N2O. The number of amides is 1. The number of hydrogen-bond donors (Lipinski definition) is 1. The van der Waals surface area contributed by atoms with E-state index in [1.165, 1.54) is 24.3 Å². The number of nitrogens with zero attached hydrogens (tertiary/aromatic N) is 1. The Bertz CT molecular complexity index is 809. The Labute approximate surface area is 146 Å². The van der Waals surface area contributed by atoms with Crippen LogP contribution >= 0.6 is 11.6 Å². The Hall–Kier alpha value is -2.15. The second-order valence-electron chi connectivity index (χ2n) is 5.83. The van der Waals surface area contributed by atoms with Crippen molar-refractivity contribution < 1.29 is 22.4 Å². The maximum absolute atomic E-state index is 13.1. The molecule has 1 saturated carbocycles. The first-order valence-corrected chi connectivity index (χ1v) is 7.93. The van der Waals surface area contributed by atoms with Crippen LogP contribution in [0.2, 0.25) is 5.02 Å². The fourth-order valence-corrected chi connectivity index (χ4v) is 3.22. The van der Waals surface area contributed by atoms with Gasteiger partial charge in [0.15, 0.2) is 5.69 Å². The van der Waals surface area contributed by atoms with Crippen molar-refractivity contribution in [1.29, 1.82) is 0 Å². The molecule has 2 aromatic rings. The van der Waals surface area contributed by atoms with Gasteiger partial charge in [0.2, 0.25) is 0 Å². The van der Waals surface area contributed by atoms with E-state index in [0.717, 1.165) is 12.3 Å². The first-order valence-electron chi connectivity index (χ1n) is 7.55. The zero-order chi connectivity index (χ0) is 18.2. The van der Waals surface area contributed by atoms with Gasteiger partial charge in [0, 0.05) is 23.2 Å². The molecule has 0 unspecified atom stereocenters. The lowest BCUT2D eigenvalue weighted by Gasteiger charge is -2.38. The van der Waals surface area contributed by atoms with Gasteiger partial charge in [0.05, 0.1) is 5.56 Å². The van der Waals surface area contributed by atoms with E-state index >= 15 is 0 Å². The molecule has 0 saturated heterocycles. The molecule has 1 aromatic heterocycles. The zero-order valence-electron chi connectivity index (χ0n) is 12.8. The summed E-state index contributed by atoms with van der Waals surface area (Å²) in [5.41, 5.74) is -1.07. The number of aromatic nitrogens is 1. The van der Waals surface area contributed by atoms with Crippen LogP contribution in [0.25, 0.3) is 0 Å². The summed E-state index contributed by atoms with van der Waals surface area (Å²) in [5.74, 6) is -1.48. The van der Waals surface area contributed by atoms with Gasteiger partial charge in [-0.2, -0.15) is 13.2 Å². The number of benzene rings is 1. The second-order valence-corrected chi connectivity index (χ2v) is 6.23. The SMILES string of the molecule is O=C(N[C@@H]1CC[C@@H]1c1ccc(F)cc1Cl)c1cccnc1C(F)(F)F. The maximum atomic E-state index is 13.1. The van der Waals surface area contributed by atoms with E-state index in [0.29, 0.717) is 18.4 Å². The predicted octanol–water partition coefficient (Wildman–Crippen LogP) is 4.57. The second kappa shape index (κ2) is 6.63. The first-order chi connectivity index (χ1) is 11.8. The van der Waals surface area contributed by atoms with Gasteiger partial charge in [-0.15, -0.1) is 0 Å². The molecule has 25 heavy (non-hydrogen) atoms. The van der Waals surface area contributed by atoms with Crippen LogP contribution in [0.15, 0.2) is 36.5 Å². The molecule has 3 nitrogen and oxygen atoms in total. The van der Waals surface area contributed by atoms with Crippen LogP contribution in [0.4, 0.5) is 17.6 Å². The van der Waals surface area contributed by atoms with Crippen molar-refractivity contribution in [2.75, 3.05) is 0 Å². The van der Waals surface area contributed by atoms with Crippen LogP contribution in [0.3, 0.4) is 0 Å². The summed E-state index contributed by atoms with van der Waals surface area (Å²) >= 11 is 6.03. The topological polar surface area (TPSA) is 42.0 Å². The van der Waals surface area contributed by atoms with Crippen molar-refractivity contribution in [3.63, 3.8) is 0 Å². The number of alkyl halides is 3. The van der Waals surface area contributed by atoms with Gasteiger partial charge >= 0.3 is 6.18 Å². The van der Waals surface area contributed by atoms with Crippen molar-refractivity contribution in [3.8, 4) is 0 Å². The summed E-state index contributed by atoms with van der Waals surface area (Å²) in [5, 5.41) is 2.84. The van der Waals surface area contributed by atoms with E-state index < -0.39 is 29.2 Å². The number of halogens is 5. The molecule has 1 heterocycles. The third kappa shape index (κ3) is 3.61. The van der Waals surface area contributed by atoms with Gasteiger partial charge in [-0.05, 0) is 42.7 Å². The Balaban J connectivity index is 1.78. The van der Waals surface area contributed by atoms with E-state index in [1.807, 2.05) is 0 Å². The molecule has 2 atom stereocenters. The molecule has 1 amide bonds. The molecule has 0 radical (unpaired) electrons. The van der Waals surface area contributed by atoms with Gasteiger partial charge in [-0.3, -0.25) is 9.78 Å². The van der Waals surface area contributed by atoms with E-state index in [2.05, 4.69) is 10.3 Å². The van der Waals surface area contributed by atoms with Crippen LogP contribution in [-0.2, 0) is 6.18 Å². The molecule has 1 aliphatic rings. The highest BCUT2D eigenvalue weighted by atomic mass is 35.5. The standard InChI is InChI=1S/C17H13ClF4N2O/c18-13-8-9(19)3-4-10(13)11-5-6-14(11)24-16(25)12-2-1-7-23-15(12)17(20,21)22/h1-4,7-8,11,14H,5-6H2,(H,24,25)/t11-,14-/m1/s1. The minimum absolute atomic E-state index is 0.164. The van der Waals surface area contributed by atoms with Crippen molar-refractivity contribution >= 4 is 17.5 Å². The fourth-order valence-electron chi connectivity index (χ4n) is 2.91. The molecule has 8 heteroatoms. The van der Waals surface area contributed by atoms with Crippen molar-refractivity contribution in [1.82, 2.24) is 10.3 Å². The predicted molar refractivity (Wildman–Crippen MR) is 83.9 cm³/mol. The lowest BCUT2D eigenvalue weighted by atomic mass is 9.75. The highest BCUT2D eigenvalue weighted by Gasteiger charge is 2.39. The maximum Gasteiger partial charge on any atom is 0.434 e. The van der Waals surface area contributed by atoms with Gasteiger partial charge in [-0.25, -0.2) is 4.39 Å². The van der Waals surface area contributed by atoms with Gasteiger partial charge in [0.25, 0.3) is 5.91 Å². The minimum atomic E-state index is -4.72. The summed E-state index contributed by atoms with van der Waals surface area (Å²) in [4.78, 5) is 15.6. The average Bonchev–Trinajstić information content (AvgIpc) is 2.53. The number of pyridine rings is 1. The monoisotopic (exact) mass is 372 g/mol. The van der Waals surface area contributed by atoms with Crippen LogP contribution in [-0.4, -0.2) is 16.9 Å². The third-order valence-corrected chi connectivity index (χ3v) is 4.60. The molecule has 0 bridgehead atoms. The fraction of sp³-hybridized carbons (Fsp3) is 0.294. The number of rotatable bonds is 3. The molecule has 1 aromatic carbocycles. The molecule has 1 aliphatic carbocycles. The molecule has 3 rings (SSSR count). The van der Waals surface area contributed by atoms with Crippen LogP contribution in [0.5, 0.6) is 0 Å². The van der Waals surface area contributed by atoms with Gasteiger partial charge in [0.1, 0.15) is 5.82 Å². The van der Waals surface area contributed by atoms with Crippen LogP contribution in [0, 0.1) is 5.82 Å². The van der Waals surface area contributed by atoms with Crippen LogP contribution < -0.4 is 5.32 Å². The Kier molecular flexibility index (Phi) is 4.69. The van der Waals surface area contributed by atoms with E-state index in [4.69, 9.17) is 11.6 Å². The average molecular weight is 373 g/mol. The lowest BCUT2D eigenvalue weighted by Crippen LogP contribution is -2.46. The van der Waals surface area contributed by atoms with Gasteiger partial charge < -0.3 is 5.32 Å². The molecule has 1 fully saturated rings. The third-order valence-electron chi connectivity index (χ3n) is 4.27. The molecule has 132 valence electrons. The molecule has 0 spiro atoms. The van der Waals surface area contributed by atoms with E-state index in [-0.39, 0.29) is 17.0 Å². The van der Waals surface area contributed by atoms with Crippen molar-refractivity contribution in [3.05, 3.63) is 64.2 Å². The molecule has 0 aliphatic heterocycles. The summed E-state index contributed by atoms with van der Waals surface area (Å²) in [6.45, 7) is 0. The summed E-state index contributed by atoms with van der Waals surface area (Å²) in [6.07, 6.45) is -2.42. The number of carbonyl (C=O) groups excluding carboxylic acids is 1. The first kappa shape index (κ1) is 17.7. The number of hydrogen-bond acceptors (Lipinski definition) is 2. The lowest BCUT2D eigenvalue weighted by molar-refractivity contribution is -0.141. The zero-order valence-corrected chi connectivity index (χ0v) is 13.5. The van der Waals surface area contributed by atoms with Crippen molar-refractivity contribution in [2.24, 2.45) is 0 Å². The smallest absolute Gasteiger partial charge is 0.349 e. The molecule has 1 N–H and O–H groups in total. The Morgan fingerprint density at radius 3 is 2.60 bits per heavy atom. The van der Waals surface area contributed by atoms with E-state index in [9.17, 15) is 22.4 Å². The van der Waals surface area contributed by atoms with Gasteiger partial charge in [-0.1, -0.05) is 17.7 Å². The minimum Gasteiger partial charge on any atom is -0.349 e. The highest BCUT2D eigenvalue weighted by Crippen LogP contribution is 2.40. The quantitative estimate of drug-likeness (QED) is 0.802. The normalized spacial score (nSPS) is 20.0. The summed E-state index contributed by atoms with van der Waals surface area (Å²) < 4.78 is 52.1. The highest BCUT2D eigenvalue weighted by molar-refractivity contribution is 6.31. The van der Waals surface area contributed by atoms with Crippen LogP contribution in [0.1, 0.15) is 40.4 Å².